The number of carbonyl (C=O) groups is 1. The van der Waals surface area contributed by atoms with Gasteiger partial charge in [0.05, 0.1) is 5.25 Å². The Balaban J connectivity index is 2.14. The highest BCUT2D eigenvalue weighted by atomic mass is 32.2. The average Bonchev–Trinajstić information content (AvgIpc) is 2.58. The van der Waals surface area contributed by atoms with Crippen molar-refractivity contribution < 1.29 is 4.79 Å². The van der Waals surface area contributed by atoms with Crippen molar-refractivity contribution in [2.75, 3.05) is 5.32 Å². The first-order valence-electron chi connectivity index (χ1n) is 7.98. The van der Waals surface area contributed by atoms with Crippen LogP contribution in [0.4, 0.5) is 5.69 Å². The number of nitrogens with zero attached hydrogens (tertiary/aromatic N) is 2. The number of anilines is 1. The van der Waals surface area contributed by atoms with Gasteiger partial charge in [0.2, 0.25) is 5.91 Å². The monoisotopic (exact) mass is 346 g/mol. The lowest BCUT2D eigenvalue weighted by Gasteiger charge is -2.16. The maximum Gasteiger partial charge on any atom is 0.273 e. The molecule has 1 aromatic carbocycles. The molecule has 1 amide bonds. The smallest absolute Gasteiger partial charge is 0.273 e. The lowest BCUT2D eigenvalue weighted by molar-refractivity contribution is -0.115. The predicted molar refractivity (Wildman–Crippen MR) is 96.5 cm³/mol. The van der Waals surface area contributed by atoms with Crippen LogP contribution in [0.5, 0.6) is 0 Å². The van der Waals surface area contributed by atoms with E-state index in [1.807, 2.05) is 18.2 Å². The summed E-state index contributed by atoms with van der Waals surface area (Å²) in [5.41, 5.74) is 3.14. The number of amides is 1. The molecule has 0 spiro atoms. The zero-order valence-corrected chi connectivity index (χ0v) is 15.2. The standard InChI is InChI=1S/C17H22N4O2S/c1-5-12-8-7-9-13(6-2)14(12)18-16(23)11(4)24-17-19-15(22)10(3)20-21-17/h7-9,11H,5-6H2,1-4H3,(H,18,23)(H,19,21,22)/t11-/m1/s1. The molecule has 0 unspecified atom stereocenters. The molecule has 0 aliphatic rings. The molecule has 2 N–H and O–H groups in total. The summed E-state index contributed by atoms with van der Waals surface area (Å²) in [4.78, 5) is 26.7. The zero-order valence-electron chi connectivity index (χ0n) is 14.3. The van der Waals surface area contributed by atoms with Gasteiger partial charge in [0.25, 0.3) is 5.56 Å². The van der Waals surface area contributed by atoms with E-state index in [2.05, 4.69) is 34.3 Å². The van der Waals surface area contributed by atoms with Gasteiger partial charge in [-0.2, -0.15) is 0 Å². The van der Waals surface area contributed by atoms with Gasteiger partial charge < -0.3 is 5.32 Å². The topological polar surface area (TPSA) is 87.7 Å². The molecule has 0 radical (unpaired) electrons. The van der Waals surface area contributed by atoms with Crippen LogP contribution >= 0.6 is 11.8 Å². The molecule has 0 fully saturated rings. The lowest BCUT2D eigenvalue weighted by Crippen LogP contribution is -2.25. The predicted octanol–water partition coefficient (Wildman–Crippen LogP) is 2.72. The summed E-state index contributed by atoms with van der Waals surface area (Å²) in [5.74, 6) is -0.126. The average molecular weight is 346 g/mol. The Labute approximate surface area is 145 Å². The SMILES string of the molecule is CCc1cccc(CC)c1NC(=O)[C@@H](C)Sc1nnc(C)c(=O)[nH]1. The van der Waals surface area contributed by atoms with Crippen LogP contribution in [0.2, 0.25) is 0 Å². The molecule has 128 valence electrons. The van der Waals surface area contributed by atoms with E-state index in [0.29, 0.717) is 10.9 Å². The Bertz CT molecular complexity index is 766. The molecule has 1 heterocycles. The summed E-state index contributed by atoms with van der Waals surface area (Å²) in [6.07, 6.45) is 1.70. The van der Waals surface area contributed by atoms with E-state index >= 15 is 0 Å². The summed E-state index contributed by atoms with van der Waals surface area (Å²) in [7, 11) is 0. The van der Waals surface area contributed by atoms with Crippen LogP contribution in [0.3, 0.4) is 0 Å². The maximum atomic E-state index is 12.5. The number of hydrogen-bond acceptors (Lipinski definition) is 5. The molecular weight excluding hydrogens is 324 g/mol. The normalized spacial score (nSPS) is 12.0. The molecule has 2 aromatic rings. The number of carbonyl (C=O) groups excluding carboxylic acids is 1. The minimum atomic E-state index is -0.410. The largest absolute Gasteiger partial charge is 0.325 e. The first kappa shape index (κ1) is 18.2. The van der Waals surface area contributed by atoms with Crippen molar-refractivity contribution in [3.63, 3.8) is 0 Å². The van der Waals surface area contributed by atoms with Crippen LogP contribution in [0, 0.1) is 6.92 Å². The second-order valence-electron chi connectivity index (χ2n) is 5.45. The van der Waals surface area contributed by atoms with Gasteiger partial charge in [-0.05, 0) is 37.8 Å². The minimum absolute atomic E-state index is 0.126. The van der Waals surface area contributed by atoms with Crippen molar-refractivity contribution in [3.8, 4) is 0 Å². The number of thioether (sulfide) groups is 1. The van der Waals surface area contributed by atoms with E-state index in [1.54, 1.807) is 13.8 Å². The molecule has 7 heteroatoms. The molecule has 2 rings (SSSR count). The number of benzene rings is 1. The van der Waals surface area contributed by atoms with E-state index in [0.717, 1.165) is 29.7 Å². The summed E-state index contributed by atoms with van der Waals surface area (Å²) >= 11 is 1.18. The fraction of sp³-hybridized carbons (Fsp3) is 0.412. The molecule has 1 atom stereocenters. The molecule has 6 nitrogen and oxygen atoms in total. The molecule has 0 aliphatic carbocycles. The molecule has 0 aliphatic heterocycles. The first-order valence-corrected chi connectivity index (χ1v) is 8.86. The highest BCUT2D eigenvalue weighted by Gasteiger charge is 2.18. The second-order valence-corrected chi connectivity index (χ2v) is 6.78. The summed E-state index contributed by atoms with van der Waals surface area (Å²) in [6, 6.07) is 6.06. The number of para-hydroxylation sites is 1. The third kappa shape index (κ3) is 4.23. The van der Waals surface area contributed by atoms with Crippen LogP contribution in [0.15, 0.2) is 28.2 Å². The van der Waals surface area contributed by atoms with Gasteiger partial charge in [0.15, 0.2) is 5.16 Å². The Hall–Kier alpha value is -2.15. The fourth-order valence-corrected chi connectivity index (χ4v) is 3.02. The fourth-order valence-electron chi connectivity index (χ4n) is 2.28. The minimum Gasteiger partial charge on any atom is -0.325 e. The quantitative estimate of drug-likeness (QED) is 0.785. The number of aromatic nitrogens is 3. The van der Waals surface area contributed by atoms with Crippen LogP contribution in [-0.2, 0) is 17.6 Å². The van der Waals surface area contributed by atoms with Gasteiger partial charge in [0, 0.05) is 5.69 Å². The molecule has 0 saturated carbocycles. The van der Waals surface area contributed by atoms with Gasteiger partial charge >= 0.3 is 0 Å². The van der Waals surface area contributed by atoms with E-state index in [1.165, 1.54) is 11.8 Å². The number of aryl methyl sites for hydroxylation is 3. The second kappa shape index (κ2) is 8.10. The van der Waals surface area contributed by atoms with Gasteiger partial charge in [-0.1, -0.05) is 43.8 Å². The molecular formula is C17H22N4O2S. The highest BCUT2D eigenvalue weighted by Crippen LogP contribution is 2.25. The lowest BCUT2D eigenvalue weighted by atomic mass is 10.0. The van der Waals surface area contributed by atoms with Crippen molar-refractivity contribution in [2.24, 2.45) is 0 Å². The number of aromatic amines is 1. The van der Waals surface area contributed by atoms with E-state index in [4.69, 9.17) is 0 Å². The summed E-state index contributed by atoms with van der Waals surface area (Å²) < 4.78 is 0. The Morgan fingerprint density at radius 3 is 2.42 bits per heavy atom. The van der Waals surface area contributed by atoms with Crippen molar-refractivity contribution in [1.29, 1.82) is 0 Å². The number of hydrogen-bond donors (Lipinski definition) is 2. The van der Waals surface area contributed by atoms with Crippen molar-refractivity contribution in [2.45, 2.75) is 50.9 Å². The van der Waals surface area contributed by atoms with Crippen LogP contribution < -0.4 is 10.9 Å². The van der Waals surface area contributed by atoms with E-state index in [-0.39, 0.29) is 11.5 Å². The van der Waals surface area contributed by atoms with Crippen LogP contribution in [-0.4, -0.2) is 26.3 Å². The molecule has 1 aromatic heterocycles. The third-order valence-corrected chi connectivity index (χ3v) is 4.72. The maximum absolute atomic E-state index is 12.5. The highest BCUT2D eigenvalue weighted by molar-refractivity contribution is 8.00. The first-order chi connectivity index (χ1) is 11.5. The Morgan fingerprint density at radius 2 is 1.88 bits per heavy atom. The number of H-pyrrole nitrogens is 1. The number of nitrogens with one attached hydrogen (secondary N) is 2. The van der Waals surface area contributed by atoms with Gasteiger partial charge in [-0.15, -0.1) is 10.2 Å². The van der Waals surface area contributed by atoms with Crippen LogP contribution in [0.25, 0.3) is 0 Å². The van der Waals surface area contributed by atoms with Gasteiger partial charge in [0.1, 0.15) is 5.69 Å². The van der Waals surface area contributed by atoms with E-state index in [9.17, 15) is 9.59 Å². The van der Waals surface area contributed by atoms with Crippen molar-refractivity contribution >= 4 is 23.4 Å². The van der Waals surface area contributed by atoms with Crippen molar-refractivity contribution in [3.05, 3.63) is 45.4 Å². The number of rotatable bonds is 6. The Kier molecular flexibility index (Phi) is 6.14. The summed E-state index contributed by atoms with van der Waals surface area (Å²) in [6.45, 7) is 7.49. The Morgan fingerprint density at radius 1 is 1.25 bits per heavy atom. The van der Waals surface area contributed by atoms with Gasteiger partial charge in [-0.3, -0.25) is 14.6 Å². The third-order valence-electron chi connectivity index (χ3n) is 3.74. The molecule has 0 saturated heterocycles. The van der Waals surface area contributed by atoms with Gasteiger partial charge in [-0.25, -0.2) is 0 Å². The van der Waals surface area contributed by atoms with E-state index < -0.39 is 5.25 Å². The van der Waals surface area contributed by atoms with Crippen LogP contribution in [0.1, 0.15) is 37.6 Å². The zero-order chi connectivity index (χ0) is 17.7. The summed E-state index contributed by atoms with van der Waals surface area (Å²) in [5, 5.41) is 10.7. The molecule has 24 heavy (non-hydrogen) atoms. The molecule has 0 bridgehead atoms. The van der Waals surface area contributed by atoms with Crippen molar-refractivity contribution in [1.82, 2.24) is 15.2 Å².